The summed E-state index contributed by atoms with van der Waals surface area (Å²) in [6, 6.07) is 0. The van der Waals surface area contributed by atoms with Crippen molar-refractivity contribution in [2.75, 3.05) is 19.6 Å². The van der Waals surface area contributed by atoms with Gasteiger partial charge in [0.05, 0.1) is 0 Å². The van der Waals surface area contributed by atoms with E-state index in [1.165, 1.54) is 0 Å². The number of carboxylic acid groups (broad SMARTS) is 1. The van der Waals surface area contributed by atoms with Gasteiger partial charge in [0.1, 0.15) is 11.1 Å². The van der Waals surface area contributed by atoms with E-state index in [1.54, 1.807) is 4.90 Å². The van der Waals surface area contributed by atoms with Crippen molar-refractivity contribution in [3.05, 3.63) is 0 Å². The van der Waals surface area contributed by atoms with Crippen molar-refractivity contribution in [3.63, 3.8) is 0 Å². The van der Waals surface area contributed by atoms with Gasteiger partial charge in [0.25, 0.3) is 0 Å². The van der Waals surface area contributed by atoms with Gasteiger partial charge >= 0.3 is 12.1 Å². The van der Waals surface area contributed by atoms with E-state index in [0.717, 1.165) is 19.4 Å². The minimum absolute atomic E-state index is 0.00703. The van der Waals surface area contributed by atoms with E-state index in [-0.39, 0.29) is 11.5 Å². The van der Waals surface area contributed by atoms with Crippen molar-refractivity contribution in [2.24, 2.45) is 5.41 Å². The molecule has 0 aromatic heterocycles. The molecule has 1 unspecified atom stereocenters. The van der Waals surface area contributed by atoms with Gasteiger partial charge in [-0.2, -0.15) is 0 Å². The van der Waals surface area contributed by atoms with Gasteiger partial charge in [-0.15, -0.1) is 0 Å². The highest BCUT2D eigenvalue weighted by Crippen LogP contribution is 2.44. The zero-order valence-electron chi connectivity index (χ0n) is 14.1. The number of aliphatic carboxylic acids is 1. The third kappa shape index (κ3) is 3.37. The van der Waals surface area contributed by atoms with Gasteiger partial charge in [0.2, 0.25) is 0 Å². The lowest BCUT2D eigenvalue weighted by molar-refractivity contribution is -0.144. The Morgan fingerprint density at radius 1 is 1.27 bits per heavy atom. The van der Waals surface area contributed by atoms with Crippen LogP contribution in [0.2, 0.25) is 0 Å². The fourth-order valence-corrected chi connectivity index (χ4v) is 3.52. The molecule has 0 bridgehead atoms. The number of nitrogens with one attached hydrogen (secondary N) is 1. The van der Waals surface area contributed by atoms with Gasteiger partial charge in [-0.25, -0.2) is 4.79 Å². The first-order valence-electron chi connectivity index (χ1n) is 8.08. The first-order chi connectivity index (χ1) is 10.1. The summed E-state index contributed by atoms with van der Waals surface area (Å²) >= 11 is 0. The topological polar surface area (TPSA) is 78.9 Å². The number of hydrogen-bond donors (Lipinski definition) is 2. The largest absolute Gasteiger partial charge is 0.480 e. The fourth-order valence-electron chi connectivity index (χ4n) is 3.52. The fraction of sp³-hybridized carbons (Fsp3) is 0.875. The van der Waals surface area contributed by atoms with Crippen LogP contribution in [-0.2, 0) is 9.53 Å². The van der Waals surface area contributed by atoms with E-state index in [9.17, 15) is 14.7 Å². The number of carbonyl (C=O) groups excluding carboxylic acids is 1. The summed E-state index contributed by atoms with van der Waals surface area (Å²) in [5.41, 5.74) is -1.29. The minimum Gasteiger partial charge on any atom is -0.480 e. The van der Waals surface area contributed by atoms with Gasteiger partial charge in [-0.1, -0.05) is 6.92 Å². The Balaban J connectivity index is 1.95. The third-order valence-corrected chi connectivity index (χ3v) is 4.97. The number of ether oxygens (including phenoxy) is 1. The third-order valence-electron chi connectivity index (χ3n) is 4.97. The van der Waals surface area contributed by atoms with Crippen molar-refractivity contribution in [2.45, 2.75) is 64.5 Å². The van der Waals surface area contributed by atoms with E-state index in [4.69, 9.17) is 4.74 Å². The number of hydrogen-bond acceptors (Lipinski definition) is 4. The van der Waals surface area contributed by atoms with E-state index in [1.807, 2.05) is 27.7 Å². The molecule has 0 radical (unpaired) electrons. The molecule has 2 heterocycles. The molecule has 6 nitrogen and oxygen atoms in total. The number of carbonyl (C=O) groups is 2. The Morgan fingerprint density at radius 3 is 2.27 bits per heavy atom. The zero-order chi connectivity index (χ0) is 16.6. The normalized spacial score (nSPS) is 27.9. The summed E-state index contributed by atoms with van der Waals surface area (Å²) in [6.07, 6.45) is 2.62. The Morgan fingerprint density at radius 2 is 1.86 bits per heavy atom. The molecular formula is C16H28N2O4. The van der Waals surface area contributed by atoms with E-state index >= 15 is 0 Å². The molecule has 0 aliphatic carbocycles. The number of nitrogens with zero attached hydrogens (tertiary/aromatic N) is 1. The second kappa shape index (κ2) is 5.72. The van der Waals surface area contributed by atoms with Gasteiger partial charge in [0, 0.05) is 19.6 Å². The van der Waals surface area contributed by atoms with Gasteiger partial charge < -0.3 is 20.1 Å². The molecule has 6 heteroatoms. The predicted octanol–water partition coefficient (Wildman–Crippen LogP) is 2.23. The molecule has 1 atom stereocenters. The standard InChI is InChI=1S/C16H28N2O4/c1-5-16(12(19)20)10-15(11-17-16)6-8-18(9-7-15)13(21)22-14(2,3)4/h17H,5-11H2,1-4H3,(H,19,20). The quantitative estimate of drug-likeness (QED) is 0.817. The number of rotatable bonds is 2. The molecule has 2 N–H and O–H groups in total. The molecule has 2 rings (SSSR count). The molecule has 2 aliphatic rings. The lowest BCUT2D eigenvalue weighted by atomic mass is 9.73. The zero-order valence-corrected chi connectivity index (χ0v) is 14.1. The highest BCUT2D eigenvalue weighted by Gasteiger charge is 2.52. The van der Waals surface area contributed by atoms with Gasteiger partial charge in [-0.05, 0) is 51.9 Å². The molecule has 2 saturated heterocycles. The molecule has 2 aliphatic heterocycles. The summed E-state index contributed by atoms with van der Waals surface area (Å²) in [6.45, 7) is 9.48. The van der Waals surface area contributed by atoms with Crippen LogP contribution < -0.4 is 5.32 Å². The van der Waals surface area contributed by atoms with Crippen LogP contribution >= 0.6 is 0 Å². The summed E-state index contributed by atoms with van der Waals surface area (Å²) in [5, 5.41) is 12.7. The Labute approximate surface area is 132 Å². The highest BCUT2D eigenvalue weighted by molar-refractivity contribution is 5.79. The SMILES string of the molecule is CCC1(C(=O)O)CC2(CCN(C(=O)OC(C)(C)C)CC2)CN1. The maximum atomic E-state index is 12.1. The number of piperidine rings is 1. The summed E-state index contributed by atoms with van der Waals surface area (Å²) in [5.74, 6) is -0.763. The molecule has 0 aromatic rings. The molecule has 126 valence electrons. The minimum atomic E-state index is -0.798. The smallest absolute Gasteiger partial charge is 0.410 e. The Bertz CT molecular complexity index is 450. The van der Waals surface area contributed by atoms with Crippen LogP contribution in [0.3, 0.4) is 0 Å². The van der Waals surface area contributed by atoms with Crippen LogP contribution in [-0.4, -0.2) is 52.8 Å². The maximum absolute atomic E-state index is 12.1. The number of amides is 1. The van der Waals surface area contributed by atoms with E-state index < -0.39 is 17.1 Å². The first-order valence-corrected chi connectivity index (χ1v) is 8.08. The molecule has 1 amide bonds. The lowest BCUT2D eigenvalue weighted by Crippen LogP contribution is -2.47. The maximum Gasteiger partial charge on any atom is 0.410 e. The van der Waals surface area contributed by atoms with Gasteiger partial charge in [0.15, 0.2) is 0 Å². The van der Waals surface area contributed by atoms with Crippen molar-refractivity contribution < 1.29 is 19.4 Å². The summed E-state index contributed by atoms with van der Waals surface area (Å²) in [4.78, 5) is 25.4. The Kier molecular flexibility index (Phi) is 4.44. The average molecular weight is 312 g/mol. The number of carboxylic acids is 1. The summed E-state index contributed by atoms with van der Waals surface area (Å²) in [7, 11) is 0. The molecule has 2 fully saturated rings. The van der Waals surface area contributed by atoms with Crippen LogP contribution in [0.5, 0.6) is 0 Å². The van der Waals surface area contributed by atoms with Crippen molar-refractivity contribution in [3.8, 4) is 0 Å². The van der Waals surface area contributed by atoms with Crippen molar-refractivity contribution in [1.82, 2.24) is 10.2 Å². The second-order valence-corrected chi connectivity index (χ2v) is 7.74. The monoisotopic (exact) mass is 312 g/mol. The van der Waals surface area contributed by atoms with Crippen LogP contribution in [0.25, 0.3) is 0 Å². The molecule has 1 spiro atoms. The molecule has 22 heavy (non-hydrogen) atoms. The predicted molar refractivity (Wildman–Crippen MR) is 82.8 cm³/mol. The van der Waals surface area contributed by atoms with Crippen LogP contribution in [0.15, 0.2) is 0 Å². The highest BCUT2D eigenvalue weighted by atomic mass is 16.6. The lowest BCUT2D eigenvalue weighted by Gasteiger charge is -2.39. The average Bonchev–Trinajstić information content (AvgIpc) is 2.78. The summed E-state index contributed by atoms with van der Waals surface area (Å²) < 4.78 is 5.41. The second-order valence-electron chi connectivity index (χ2n) is 7.74. The van der Waals surface area contributed by atoms with Gasteiger partial charge in [-0.3, -0.25) is 4.79 Å². The number of likely N-dealkylation sites (tertiary alicyclic amines) is 1. The van der Waals surface area contributed by atoms with E-state index in [2.05, 4.69) is 5.32 Å². The van der Waals surface area contributed by atoms with Crippen molar-refractivity contribution in [1.29, 1.82) is 0 Å². The van der Waals surface area contributed by atoms with Crippen molar-refractivity contribution >= 4 is 12.1 Å². The van der Waals surface area contributed by atoms with Crippen LogP contribution in [0.1, 0.15) is 53.4 Å². The van der Waals surface area contributed by atoms with Crippen LogP contribution in [0, 0.1) is 5.41 Å². The molecular weight excluding hydrogens is 284 g/mol. The Hall–Kier alpha value is -1.30. The van der Waals surface area contributed by atoms with E-state index in [0.29, 0.717) is 25.9 Å². The molecule has 0 aromatic carbocycles. The van der Waals surface area contributed by atoms with Crippen LogP contribution in [0.4, 0.5) is 4.79 Å². The first kappa shape index (κ1) is 17.1. The molecule has 0 saturated carbocycles.